The fourth-order valence-corrected chi connectivity index (χ4v) is 3.60. The number of nitrogens with zero attached hydrogens (tertiary/aromatic N) is 4. The minimum atomic E-state index is -1.14. The normalized spacial score (nSPS) is 23.4. The second-order valence-electron chi connectivity index (χ2n) is 7.83. The van der Waals surface area contributed by atoms with Crippen LogP contribution in [-0.2, 0) is 33.9 Å². The third-order valence-electron chi connectivity index (χ3n) is 5.16. The van der Waals surface area contributed by atoms with Gasteiger partial charge in [-0.05, 0) is 12.6 Å². The number of aliphatic hydroxyl groups is 2. The largest absolute Gasteiger partial charge is 0.388 e. The minimum Gasteiger partial charge on any atom is -0.388 e. The summed E-state index contributed by atoms with van der Waals surface area (Å²) >= 11 is 0. The van der Waals surface area contributed by atoms with Gasteiger partial charge in [-0.3, -0.25) is 9.69 Å². The summed E-state index contributed by atoms with van der Waals surface area (Å²) in [6.07, 6.45) is -1.94. The molecule has 10 nitrogen and oxygen atoms in total. The Kier molecular flexibility index (Phi) is 8.50. The van der Waals surface area contributed by atoms with Crippen LogP contribution in [0, 0.1) is 0 Å². The average Bonchev–Trinajstić information content (AvgIpc) is 3.28. The third-order valence-corrected chi connectivity index (χ3v) is 5.16. The fraction of sp³-hybridized carbons (Fsp3) is 0.571. The molecule has 1 saturated heterocycles. The van der Waals surface area contributed by atoms with E-state index in [1.807, 2.05) is 25.2 Å². The SMILES string of the molecule is COCCNC(=O)C[C@@H]1O[C@@H](Cn2cc(CN(C)Cc3ccccc3)nn2)[C@@H](O)[C@H]1O. The smallest absolute Gasteiger partial charge is 0.222 e. The molecule has 0 bridgehead atoms. The van der Waals surface area contributed by atoms with Gasteiger partial charge in [0.2, 0.25) is 5.91 Å². The van der Waals surface area contributed by atoms with Crippen LogP contribution < -0.4 is 5.32 Å². The van der Waals surface area contributed by atoms with E-state index in [2.05, 4.69) is 32.7 Å². The van der Waals surface area contributed by atoms with Crippen molar-refractivity contribution in [3.8, 4) is 0 Å². The molecule has 2 heterocycles. The minimum absolute atomic E-state index is 0.0364. The molecule has 3 N–H and O–H groups in total. The molecule has 0 saturated carbocycles. The van der Waals surface area contributed by atoms with E-state index in [-0.39, 0.29) is 18.9 Å². The van der Waals surface area contributed by atoms with E-state index in [4.69, 9.17) is 9.47 Å². The number of carbonyl (C=O) groups is 1. The Bertz CT molecular complexity index is 818. The Hall–Kier alpha value is -2.37. The molecule has 31 heavy (non-hydrogen) atoms. The van der Waals surface area contributed by atoms with Crippen molar-refractivity contribution in [2.24, 2.45) is 0 Å². The van der Waals surface area contributed by atoms with E-state index in [9.17, 15) is 15.0 Å². The van der Waals surface area contributed by atoms with E-state index < -0.39 is 24.4 Å². The molecular formula is C21H31N5O5. The first-order valence-electron chi connectivity index (χ1n) is 10.3. The van der Waals surface area contributed by atoms with Gasteiger partial charge in [-0.2, -0.15) is 0 Å². The van der Waals surface area contributed by atoms with Crippen molar-refractivity contribution in [3.63, 3.8) is 0 Å². The van der Waals surface area contributed by atoms with Crippen LogP contribution in [-0.4, -0.2) is 87.7 Å². The maximum absolute atomic E-state index is 12.0. The maximum Gasteiger partial charge on any atom is 0.222 e. The third kappa shape index (κ3) is 6.81. The lowest BCUT2D eigenvalue weighted by molar-refractivity contribution is -0.125. The quantitative estimate of drug-likeness (QED) is 0.408. The van der Waals surface area contributed by atoms with E-state index in [1.165, 1.54) is 5.56 Å². The van der Waals surface area contributed by atoms with Gasteiger partial charge in [-0.25, -0.2) is 4.68 Å². The van der Waals surface area contributed by atoms with Crippen LogP contribution in [0.5, 0.6) is 0 Å². The number of hydrogen-bond donors (Lipinski definition) is 3. The van der Waals surface area contributed by atoms with Crippen molar-refractivity contribution < 1.29 is 24.5 Å². The number of ether oxygens (including phenoxy) is 2. The lowest BCUT2D eigenvalue weighted by atomic mass is 10.1. The average molecular weight is 434 g/mol. The van der Waals surface area contributed by atoms with Crippen LogP contribution in [0.2, 0.25) is 0 Å². The summed E-state index contributed by atoms with van der Waals surface area (Å²) in [5.41, 5.74) is 2.01. The molecular weight excluding hydrogens is 402 g/mol. The van der Waals surface area contributed by atoms with Crippen molar-refractivity contribution in [2.75, 3.05) is 27.3 Å². The zero-order valence-electron chi connectivity index (χ0n) is 17.9. The van der Waals surface area contributed by atoms with E-state index in [0.717, 1.165) is 12.2 Å². The van der Waals surface area contributed by atoms with Crippen molar-refractivity contribution in [1.82, 2.24) is 25.2 Å². The molecule has 1 fully saturated rings. The van der Waals surface area contributed by atoms with Gasteiger partial charge >= 0.3 is 0 Å². The van der Waals surface area contributed by atoms with E-state index in [1.54, 1.807) is 18.0 Å². The van der Waals surface area contributed by atoms with Gasteiger partial charge in [0.15, 0.2) is 0 Å². The highest BCUT2D eigenvalue weighted by Gasteiger charge is 2.43. The van der Waals surface area contributed by atoms with E-state index >= 15 is 0 Å². The molecule has 1 aromatic heterocycles. The summed E-state index contributed by atoms with van der Waals surface area (Å²) in [5, 5.41) is 31.6. The second kappa shape index (κ2) is 11.3. The number of nitrogens with one attached hydrogen (secondary N) is 1. The summed E-state index contributed by atoms with van der Waals surface area (Å²) < 4.78 is 12.2. The molecule has 4 atom stereocenters. The molecule has 1 aliphatic heterocycles. The topological polar surface area (TPSA) is 122 Å². The van der Waals surface area contributed by atoms with Crippen molar-refractivity contribution in [2.45, 2.75) is 50.5 Å². The Balaban J connectivity index is 1.48. The van der Waals surface area contributed by atoms with Crippen LogP contribution in [0.25, 0.3) is 0 Å². The highest BCUT2D eigenvalue weighted by Crippen LogP contribution is 2.24. The second-order valence-corrected chi connectivity index (χ2v) is 7.83. The Morgan fingerprint density at radius 3 is 2.71 bits per heavy atom. The Morgan fingerprint density at radius 1 is 1.23 bits per heavy atom. The van der Waals surface area contributed by atoms with Crippen LogP contribution in [0.1, 0.15) is 17.7 Å². The monoisotopic (exact) mass is 433 g/mol. The van der Waals surface area contributed by atoms with E-state index in [0.29, 0.717) is 19.7 Å². The lowest BCUT2D eigenvalue weighted by Crippen LogP contribution is -2.37. The molecule has 0 aliphatic carbocycles. The summed E-state index contributed by atoms with van der Waals surface area (Å²) in [5.74, 6) is -0.265. The molecule has 1 aliphatic rings. The number of amides is 1. The first kappa shape index (κ1) is 23.3. The molecule has 3 rings (SSSR count). The maximum atomic E-state index is 12.0. The molecule has 0 unspecified atom stereocenters. The summed E-state index contributed by atoms with van der Waals surface area (Å²) in [4.78, 5) is 14.1. The summed E-state index contributed by atoms with van der Waals surface area (Å²) in [6.45, 7) is 2.43. The van der Waals surface area contributed by atoms with Gasteiger partial charge < -0.3 is 25.0 Å². The Morgan fingerprint density at radius 2 is 1.97 bits per heavy atom. The zero-order valence-corrected chi connectivity index (χ0v) is 17.9. The standard InChI is InChI=1S/C21H31N5O5/c1-25(11-15-6-4-3-5-7-15)12-16-13-26(24-23-16)14-18-21(29)20(28)17(31-18)10-19(27)22-8-9-30-2/h3-7,13,17-18,20-21,28-29H,8-12,14H2,1-2H3,(H,22,27)/t17-,18-,20-,21+/m0/s1. The van der Waals surface area contributed by atoms with Gasteiger partial charge in [0.05, 0.1) is 31.4 Å². The first-order chi connectivity index (χ1) is 15.0. The highest BCUT2D eigenvalue weighted by molar-refractivity contribution is 5.76. The van der Waals surface area contributed by atoms with Crippen molar-refractivity contribution in [3.05, 3.63) is 47.8 Å². The number of rotatable bonds is 11. The Labute approximate surface area is 181 Å². The summed E-state index contributed by atoms with van der Waals surface area (Å²) in [7, 11) is 3.56. The van der Waals surface area contributed by atoms with Crippen molar-refractivity contribution in [1.29, 1.82) is 0 Å². The molecule has 1 aromatic carbocycles. The number of aliphatic hydroxyl groups excluding tert-OH is 2. The van der Waals surface area contributed by atoms with Crippen LogP contribution in [0.15, 0.2) is 36.5 Å². The van der Waals surface area contributed by atoms with Gasteiger partial charge in [0.1, 0.15) is 18.3 Å². The first-order valence-corrected chi connectivity index (χ1v) is 10.3. The predicted octanol–water partition coefficient (Wildman–Crippen LogP) is -0.448. The zero-order chi connectivity index (χ0) is 22.2. The number of hydrogen-bond acceptors (Lipinski definition) is 8. The van der Waals surface area contributed by atoms with Gasteiger partial charge in [-0.15, -0.1) is 5.10 Å². The lowest BCUT2D eigenvalue weighted by Gasteiger charge is -2.15. The fourth-order valence-electron chi connectivity index (χ4n) is 3.60. The van der Waals surface area contributed by atoms with Crippen molar-refractivity contribution >= 4 is 5.91 Å². The predicted molar refractivity (Wildman–Crippen MR) is 112 cm³/mol. The molecule has 2 aromatic rings. The summed E-state index contributed by atoms with van der Waals surface area (Å²) in [6, 6.07) is 10.2. The highest BCUT2D eigenvalue weighted by atomic mass is 16.5. The van der Waals surface area contributed by atoms with Gasteiger partial charge in [0.25, 0.3) is 0 Å². The van der Waals surface area contributed by atoms with Crippen LogP contribution in [0.3, 0.4) is 0 Å². The van der Waals surface area contributed by atoms with Gasteiger partial charge in [0, 0.05) is 32.9 Å². The number of benzene rings is 1. The molecule has 0 spiro atoms. The van der Waals surface area contributed by atoms with Crippen LogP contribution in [0.4, 0.5) is 0 Å². The molecule has 1 amide bonds. The number of methoxy groups -OCH3 is 1. The van der Waals surface area contributed by atoms with Gasteiger partial charge in [-0.1, -0.05) is 35.5 Å². The number of carbonyl (C=O) groups excluding carboxylic acids is 1. The number of aromatic nitrogens is 3. The molecule has 10 heteroatoms. The van der Waals surface area contributed by atoms with Crippen LogP contribution >= 0.6 is 0 Å². The molecule has 0 radical (unpaired) electrons. The molecule has 170 valence electrons.